The molecule has 0 fully saturated rings. The van der Waals surface area contributed by atoms with E-state index in [1.807, 2.05) is 42.5 Å². The average Bonchev–Trinajstić information content (AvgIpc) is 2.54. The van der Waals surface area contributed by atoms with Crippen molar-refractivity contribution in [3.63, 3.8) is 0 Å². The summed E-state index contributed by atoms with van der Waals surface area (Å²) in [6, 6.07) is 13.2. The van der Waals surface area contributed by atoms with Crippen molar-refractivity contribution in [1.29, 1.82) is 0 Å². The van der Waals surface area contributed by atoms with Gasteiger partial charge in [-0.1, -0.05) is 22.0 Å². The Morgan fingerprint density at radius 3 is 2.75 bits per heavy atom. The van der Waals surface area contributed by atoms with Gasteiger partial charge in [0.2, 0.25) is 0 Å². The van der Waals surface area contributed by atoms with Gasteiger partial charge in [-0.15, -0.1) is 0 Å². The van der Waals surface area contributed by atoms with Gasteiger partial charge < -0.3 is 14.8 Å². The fourth-order valence-electron chi connectivity index (χ4n) is 2.59. The minimum Gasteiger partial charge on any atom is -0.487 e. The molecular formula is C19H20BrNO3. The molecule has 0 saturated heterocycles. The first-order valence-electron chi connectivity index (χ1n) is 7.91. The summed E-state index contributed by atoms with van der Waals surface area (Å²) in [6.45, 7) is 4.11. The third-order valence-electron chi connectivity index (χ3n) is 3.92. The summed E-state index contributed by atoms with van der Waals surface area (Å²) in [7, 11) is 0. The number of nitrogens with one attached hydrogen (secondary N) is 1. The lowest BCUT2D eigenvalue weighted by molar-refractivity contribution is -0.118. The maximum absolute atomic E-state index is 12.0. The molecular weight excluding hydrogens is 370 g/mol. The average molecular weight is 390 g/mol. The molecule has 2 aromatic rings. The molecule has 1 N–H and O–H groups in total. The lowest BCUT2D eigenvalue weighted by atomic mass is 9.94. The summed E-state index contributed by atoms with van der Waals surface area (Å²) in [4.78, 5) is 12.0. The standard InChI is InChI=1S/C19H20BrNO3/c1-19(2)10-9-13-3-8-16(11-17(13)24-19)23-12-18(22)21-15-6-4-14(20)5-7-15/h3-8,11H,9-10,12H2,1-2H3,(H,21,22). The van der Waals surface area contributed by atoms with Gasteiger partial charge in [-0.3, -0.25) is 4.79 Å². The quantitative estimate of drug-likeness (QED) is 0.832. The van der Waals surface area contributed by atoms with Gasteiger partial charge in [0.05, 0.1) is 0 Å². The number of ether oxygens (including phenoxy) is 2. The summed E-state index contributed by atoms with van der Waals surface area (Å²) in [6.07, 6.45) is 1.99. The zero-order chi connectivity index (χ0) is 17.2. The maximum atomic E-state index is 12.0. The molecule has 1 heterocycles. The highest BCUT2D eigenvalue weighted by Gasteiger charge is 2.26. The number of aryl methyl sites for hydroxylation is 1. The zero-order valence-electron chi connectivity index (χ0n) is 13.8. The highest BCUT2D eigenvalue weighted by atomic mass is 79.9. The fraction of sp³-hybridized carbons (Fsp3) is 0.316. The van der Waals surface area contributed by atoms with Gasteiger partial charge in [-0.2, -0.15) is 0 Å². The van der Waals surface area contributed by atoms with Gasteiger partial charge in [0.1, 0.15) is 17.1 Å². The van der Waals surface area contributed by atoms with Crippen molar-refractivity contribution < 1.29 is 14.3 Å². The van der Waals surface area contributed by atoms with Crippen molar-refractivity contribution in [2.45, 2.75) is 32.3 Å². The highest BCUT2D eigenvalue weighted by Crippen LogP contribution is 2.35. The first kappa shape index (κ1) is 16.8. The number of hydrogen-bond donors (Lipinski definition) is 1. The van der Waals surface area contributed by atoms with Crippen LogP contribution in [0.3, 0.4) is 0 Å². The van der Waals surface area contributed by atoms with Gasteiger partial charge in [0.25, 0.3) is 5.91 Å². The third-order valence-corrected chi connectivity index (χ3v) is 4.45. The van der Waals surface area contributed by atoms with Gasteiger partial charge in [-0.05, 0) is 62.6 Å². The monoisotopic (exact) mass is 389 g/mol. The van der Waals surface area contributed by atoms with Crippen LogP contribution in [0.5, 0.6) is 11.5 Å². The van der Waals surface area contributed by atoms with Crippen LogP contribution in [0.15, 0.2) is 46.9 Å². The SMILES string of the molecule is CC1(C)CCc2ccc(OCC(=O)Nc3ccc(Br)cc3)cc2O1. The van der Waals surface area contributed by atoms with Gasteiger partial charge in [-0.25, -0.2) is 0 Å². The van der Waals surface area contributed by atoms with Gasteiger partial charge in [0, 0.05) is 16.2 Å². The van der Waals surface area contributed by atoms with Crippen LogP contribution >= 0.6 is 15.9 Å². The third kappa shape index (κ3) is 4.29. The van der Waals surface area contributed by atoms with Crippen LogP contribution < -0.4 is 14.8 Å². The second-order valence-electron chi connectivity index (χ2n) is 6.48. The van der Waals surface area contributed by atoms with Crippen molar-refractivity contribution in [2.75, 3.05) is 11.9 Å². The van der Waals surface area contributed by atoms with E-state index in [0.29, 0.717) is 5.75 Å². The second kappa shape index (κ2) is 6.85. The Labute approximate surface area is 150 Å². The molecule has 0 aromatic heterocycles. The predicted octanol–water partition coefficient (Wildman–Crippen LogP) is 4.57. The van der Waals surface area contributed by atoms with Crippen molar-refractivity contribution in [2.24, 2.45) is 0 Å². The number of rotatable bonds is 4. The van der Waals surface area contributed by atoms with E-state index < -0.39 is 0 Å². The van der Waals surface area contributed by atoms with E-state index in [1.165, 1.54) is 5.56 Å². The second-order valence-corrected chi connectivity index (χ2v) is 7.39. The number of hydrogen-bond acceptors (Lipinski definition) is 3. The van der Waals surface area contributed by atoms with Crippen molar-refractivity contribution in [3.8, 4) is 11.5 Å². The van der Waals surface area contributed by atoms with E-state index in [2.05, 4.69) is 35.1 Å². The number of carbonyl (C=O) groups excluding carboxylic acids is 1. The van der Waals surface area contributed by atoms with Crippen LogP contribution in [0.1, 0.15) is 25.8 Å². The molecule has 0 spiro atoms. The Morgan fingerprint density at radius 1 is 1.25 bits per heavy atom. The van der Waals surface area contributed by atoms with Crippen LogP contribution in [0.2, 0.25) is 0 Å². The fourth-order valence-corrected chi connectivity index (χ4v) is 2.85. The Balaban J connectivity index is 1.58. The largest absolute Gasteiger partial charge is 0.487 e. The summed E-state index contributed by atoms with van der Waals surface area (Å²) in [5.74, 6) is 1.28. The maximum Gasteiger partial charge on any atom is 0.262 e. The molecule has 0 aliphatic carbocycles. The molecule has 3 rings (SSSR count). The number of benzene rings is 2. The first-order chi connectivity index (χ1) is 11.4. The van der Waals surface area contributed by atoms with Crippen molar-refractivity contribution in [3.05, 3.63) is 52.5 Å². The molecule has 1 aliphatic heterocycles. The topological polar surface area (TPSA) is 47.6 Å². The summed E-state index contributed by atoms with van der Waals surface area (Å²) < 4.78 is 12.6. The van der Waals surface area contributed by atoms with E-state index in [9.17, 15) is 4.79 Å². The van der Waals surface area contributed by atoms with Crippen molar-refractivity contribution in [1.82, 2.24) is 0 Å². The van der Waals surface area contributed by atoms with Gasteiger partial charge >= 0.3 is 0 Å². The molecule has 2 aromatic carbocycles. The number of amides is 1. The zero-order valence-corrected chi connectivity index (χ0v) is 15.4. The van der Waals surface area contributed by atoms with Crippen LogP contribution in [-0.2, 0) is 11.2 Å². The minimum atomic E-state index is -0.198. The lowest BCUT2D eigenvalue weighted by Gasteiger charge is -2.32. The van der Waals surface area contributed by atoms with E-state index in [-0.39, 0.29) is 18.1 Å². The highest BCUT2D eigenvalue weighted by molar-refractivity contribution is 9.10. The van der Waals surface area contributed by atoms with Crippen molar-refractivity contribution >= 4 is 27.5 Å². The van der Waals surface area contributed by atoms with Crippen LogP contribution in [0.25, 0.3) is 0 Å². The molecule has 24 heavy (non-hydrogen) atoms. The smallest absolute Gasteiger partial charge is 0.262 e. The molecule has 0 unspecified atom stereocenters. The normalized spacial score (nSPS) is 15.1. The van der Waals surface area contributed by atoms with Crippen LogP contribution in [0.4, 0.5) is 5.69 Å². The number of halogens is 1. The molecule has 0 atom stereocenters. The van der Waals surface area contributed by atoms with Crippen LogP contribution in [-0.4, -0.2) is 18.1 Å². The van der Waals surface area contributed by atoms with E-state index in [0.717, 1.165) is 28.8 Å². The Bertz CT molecular complexity index is 741. The van der Waals surface area contributed by atoms with E-state index in [4.69, 9.17) is 9.47 Å². The summed E-state index contributed by atoms with van der Waals surface area (Å²) >= 11 is 3.36. The molecule has 0 saturated carbocycles. The van der Waals surface area contributed by atoms with Crippen LogP contribution in [0, 0.1) is 0 Å². The number of anilines is 1. The Kier molecular flexibility index (Phi) is 4.81. The first-order valence-corrected chi connectivity index (χ1v) is 8.71. The molecule has 0 bridgehead atoms. The lowest BCUT2D eigenvalue weighted by Crippen LogP contribution is -2.32. The molecule has 126 valence electrons. The predicted molar refractivity (Wildman–Crippen MR) is 97.7 cm³/mol. The van der Waals surface area contributed by atoms with E-state index in [1.54, 1.807) is 0 Å². The molecule has 4 nitrogen and oxygen atoms in total. The Hall–Kier alpha value is -2.01. The molecule has 5 heteroatoms. The van der Waals surface area contributed by atoms with Gasteiger partial charge in [0.15, 0.2) is 6.61 Å². The Morgan fingerprint density at radius 2 is 2.00 bits per heavy atom. The summed E-state index contributed by atoms with van der Waals surface area (Å²) in [5, 5.41) is 2.80. The molecule has 1 amide bonds. The minimum absolute atomic E-state index is 0.0434. The molecule has 0 radical (unpaired) electrons. The summed E-state index contributed by atoms with van der Waals surface area (Å²) in [5.41, 5.74) is 1.76. The number of fused-ring (bicyclic) bond motifs is 1. The molecule has 1 aliphatic rings. The van der Waals surface area contributed by atoms with E-state index >= 15 is 0 Å². The number of carbonyl (C=O) groups is 1.